The third-order valence-corrected chi connectivity index (χ3v) is 7.93. The molecule has 2 fully saturated rings. The van der Waals surface area contributed by atoms with E-state index in [1.165, 1.54) is 24.3 Å². The monoisotopic (exact) mass is 436 g/mol. The number of hydrogen-bond donors (Lipinski definition) is 2. The lowest BCUT2D eigenvalue weighted by Crippen LogP contribution is -2.52. The van der Waals surface area contributed by atoms with Crippen LogP contribution in [0.3, 0.4) is 0 Å². The molecule has 2 N–H and O–H groups in total. The van der Waals surface area contributed by atoms with Crippen molar-refractivity contribution in [3.8, 4) is 0 Å². The Bertz CT molecular complexity index is 1000. The highest BCUT2D eigenvalue weighted by atomic mass is 16.8. The van der Waals surface area contributed by atoms with Gasteiger partial charge in [0.25, 0.3) is 0 Å². The maximum atomic E-state index is 10.9. The van der Waals surface area contributed by atoms with Crippen molar-refractivity contribution in [1.29, 1.82) is 0 Å². The molecule has 4 atom stereocenters. The van der Waals surface area contributed by atoms with Gasteiger partial charge in [0.1, 0.15) is 0 Å². The zero-order valence-electron chi connectivity index (χ0n) is 18.4. The van der Waals surface area contributed by atoms with E-state index < -0.39 is 9.80 Å². The summed E-state index contributed by atoms with van der Waals surface area (Å²) in [5.41, 5.74) is 2.14. The van der Waals surface area contributed by atoms with Crippen LogP contribution < -0.4 is 10.6 Å². The molecule has 2 bridgehead atoms. The van der Waals surface area contributed by atoms with Crippen LogP contribution >= 0.6 is 0 Å². The van der Waals surface area contributed by atoms with Crippen molar-refractivity contribution < 1.29 is 9.80 Å². The van der Waals surface area contributed by atoms with Gasteiger partial charge in [0.15, 0.2) is 0 Å². The molecule has 170 valence electrons. The summed E-state index contributed by atoms with van der Waals surface area (Å²) in [6, 6.07) is 0.356. The van der Waals surface area contributed by atoms with Crippen molar-refractivity contribution in [3.63, 3.8) is 0 Å². The average molecular weight is 437 g/mol. The summed E-state index contributed by atoms with van der Waals surface area (Å²) in [6.45, 7) is 7.00. The van der Waals surface area contributed by atoms with Gasteiger partial charge in [-0.1, -0.05) is 20.8 Å². The highest BCUT2D eigenvalue weighted by Crippen LogP contribution is 2.65. The standard InChI is InChI=1S/C24H28N4O4/c1-23(2)20-12-13-24(23,3)22(26-15-17-6-10-19(11-7-17)28(31)32)21(20)25-14-16-4-8-18(9-5-16)27(29)30/h4-11,14-15,20-22,25-26H,12-13H2,1-3H3/q-2. The third-order valence-electron chi connectivity index (χ3n) is 7.93. The summed E-state index contributed by atoms with van der Waals surface area (Å²) in [7, 11) is 0. The van der Waals surface area contributed by atoms with Crippen LogP contribution in [0.25, 0.3) is 0 Å². The lowest BCUT2D eigenvalue weighted by atomic mass is 9.69. The van der Waals surface area contributed by atoms with Gasteiger partial charge < -0.3 is 31.5 Å². The summed E-state index contributed by atoms with van der Waals surface area (Å²) in [5.74, 6) is 0.476. The molecule has 4 unspecified atom stereocenters. The normalized spacial score (nSPS) is 31.8. The number of fused-ring (bicyclic) bond motifs is 2. The van der Waals surface area contributed by atoms with Crippen LogP contribution in [0.2, 0.25) is 0 Å². The molecule has 0 heterocycles. The molecule has 0 aromatic rings. The fourth-order valence-electron chi connectivity index (χ4n) is 5.64. The minimum absolute atomic E-state index is 0.0763. The van der Waals surface area contributed by atoms with Crippen LogP contribution in [0.5, 0.6) is 0 Å². The van der Waals surface area contributed by atoms with E-state index in [9.17, 15) is 20.8 Å². The minimum Gasteiger partial charge on any atom is -0.612 e. The first kappa shape index (κ1) is 21.8. The van der Waals surface area contributed by atoms with Crippen molar-refractivity contribution in [2.24, 2.45) is 16.7 Å². The molecule has 2 saturated carbocycles. The zero-order valence-corrected chi connectivity index (χ0v) is 18.4. The van der Waals surface area contributed by atoms with Gasteiger partial charge in [-0.25, -0.2) is 0 Å². The average Bonchev–Trinajstić information content (AvgIpc) is 3.09. The largest absolute Gasteiger partial charge is 0.612 e. The molecular formula is C24H28N4O4-2. The summed E-state index contributed by atoms with van der Waals surface area (Å²) in [6.07, 6.45) is 19.2. The molecule has 0 aliphatic heterocycles. The van der Waals surface area contributed by atoms with Gasteiger partial charge in [0.2, 0.25) is 11.4 Å². The van der Waals surface area contributed by atoms with E-state index in [2.05, 4.69) is 31.4 Å². The molecule has 0 aromatic heterocycles. The van der Waals surface area contributed by atoms with Gasteiger partial charge in [0.05, 0.1) is 6.04 Å². The molecular weight excluding hydrogens is 408 g/mol. The Morgan fingerprint density at radius 2 is 1.25 bits per heavy atom. The van der Waals surface area contributed by atoms with Gasteiger partial charge >= 0.3 is 0 Å². The maximum absolute atomic E-state index is 10.9. The molecule has 4 aliphatic carbocycles. The Morgan fingerprint density at radius 3 is 1.72 bits per heavy atom. The Balaban J connectivity index is 1.54. The molecule has 0 aromatic carbocycles. The van der Waals surface area contributed by atoms with Crippen LogP contribution in [0.1, 0.15) is 33.6 Å². The Hall–Kier alpha value is -3.42. The number of nitrogens with zero attached hydrogens (tertiary/aromatic N) is 2. The summed E-state index contributed by atoms with van der Waals surface area (Å²) in [4.78, 5) is -0.796. The topological polar surface area (TPSA) is 122 Å². The SMILES string of the molecule is CC1(C)C2CCC1(C)C(NC=C1C=CC(=[N+]([O-])[O-])C=C1)C2NC=C1C=CC(=[N+]([O-])[O-])C=C1. The number of hydrogen-bond acceptors (Lipinski definition) is 6. The molecule has 4 rings (SSSR count). The quantitative estimate of drug-likeness (QED) is 0.515. The maximum Gasteiger partial charge on any atom is 0.222 e. The molecule has 4 aliphatic rings. The van der Waals surface area contributed by atoms with Gasteiger partial charge in [-0.2, -0.15) is 9.80 Å². The van der Waals surface area contributed by atoms with Crippen LogP contribution in [0, 0.1) is 37.6 Å². The smallest absolute Gasteiger partial charge is 0.222 e. The fraction of sp³-hybridized carbons (Fsp3) is 0.417. The van der Waals surface area contributed by atoms with Crippen LogP contribution in [0.4, 0.5) is 0 Å². The van der Waals surface area contributed by atoms with Gasteiger partial charge in [-0.3, -0.25) is 0 Å². The first-order chi connectivity index (χ1) is 15.1. The second-order valence-corrected chi connectivity index (χ2v) is 9.61. The third kappa shape index (κ3) is 3.59. The van der Waals surface area contributed by atoms with Crippen molar-refractivity contribution in [2.45, 2.75) is 45.7 Å². The van der Waals surface area contributed by atoms with Crippen LogP contribution in [-0.4, -0.2) is 33.3 Å². The van der Waals surface area contributed by atoms with Crippen molar-refractivity contribution >= 4 is 11.4 Å². The highest BCUT2D eigenvalue weighted by Gasteiger charge is 2.65. The van der Waals surface area contributed by atoms with E-state index in [0.717, 1.165) is 24.0 Å². The van der Waals surface area contributed by atoms with Crippen LogP contribution in [-0.2, 0) is 0 Å². The van der Waals surface area contributed by atoms with Crippen LogP contribution in [0.15, 0.2) is 72.2 Å². The molecule has 0 amide bonds. The summed E-state index contributed by atoms with van der Waals surface area (Å²) < 4.78 is 0. The molecule has 8 heteroatoms. The first-order valence-electron chi connectivity index (χ1n) is 10.8. The van der Waals surface area contributed by atoms with E-state index in [0.29, 0.717) is 5.92 Å². The van der Waals surface area contributed by atoms with E-state index in [1.807, 2.05) is 12.4 Å². The second kappa shape index (κ2) is 7.93. The first-order valence-corrected chi connectivity index (χ1v) is 10.8. The Kier molecular flexibility index (Phi) is 5.40. The lowest BCUT2D eigenvalue weighted by molar-refractivity contribution is -0.377. The van der Waals surface area contributed by atoms with Gasteiger partial charge in [-0.05, 0) is 65.0 Å². The molecule has 0 spiro atoms. The molecule has 0 radical (unpaired) electrons. The number of nitrogens with one attached hydrogen (secondary N) is 2. The van der Waals surface area contributed by atoms with Crippen molar-refractivity contribution in [1.82, 2.24) is 10.6 Å². The molecule has 32 heavy (non-hydrogen) atoms. The highest BCUT2D eigenvalue weighted by molar-refractivity contribution is 6.03. The van der Waals surface area contributed by atoms with E-state index >= 15 is 0 Å². The zero-order chi connectivity index (χ0) is 23.1. The summed E-state index contributed by atoms with van der Waals surface area (Å²) >= 11 is 0. The van der Waals surface area contributed by atoms with Crippen molar-refractivity contribution in [2.75, 3.05) is 0 Å². The van der Waals surface area contributed by atoms with E-state index in [1.54, 1.807) is 24.3 Å². The predicted octanol–water partition coefficient (Wildman–Crippen LogP) is 3.28. The number of rotatable bonds is 4. The van der Waals surface area contributed by atoms with Gasteiger partial charge in [-0.15, -0.1) is 0 Å². The Labute approximate surface area is 187 Å². The fourth-order valence-corrected chi connectivity index (χ4v) is 5.64. The molecule has 8 nitrogen and oxygen atoms in total. The molecule has 0 saturated heterocycles. The van der Waals surface area contributed by atoms with Crippen molar-refractivity contribution in [3.05, 3.63) is 93.0 Å². The Morgan fingerprint density at radius 1 is 0.781 bits per heavy atom. The van der Waals surface area contributed by atoms with Gasteiger partial charge in [0, 0.05) is 42.7 Å². The predicted molar refractivity (Wildman–Crippen MR) is 125 cm³/mol. The minimum atomic E-state index is -0.398. The van der Waals surface area contributed by atoms with E-state index in [-0.39, 0.29) is 34.3 Å². The summed E-state index contributed by atoms with van der Waals surface area (Å²) in [5, 5.41) is 50.8. The van der Waals surface area contributed by atoms with E-state index in [4.69, 9.17) is 0 Å². The second-order valence-electron chi connectivity index (χ2n) is 9.61. The number of allylic oxidation sites excluding steroid dienone is 10. The lowest BCUT2D eigenvalue weighted by Gasteiger charge is -2.40.